The van der Waals surface area contributed by atoms with Crippen LogP contribution in [0.1, 0.15) is 12.0 Å². The lowest BCUT2D eigenvalue weighted by Crippen LogP contribution is -2.42. The number of fused-ring (bicyclic) bond motifs is 1. The molecule has 0 spiro atoms. The highest BCUT2D eigenvalue weighted by Gasteiger charge is 2.24. The van der Waals surface area contributed by atoms with Crippen molar-refractivity contribution in [3.05, 3.63) is 29.8 Å². The van der Waals surface area contributed by atoms with E-state index in [1.54, 1.807) is 4.90 Å². The Balaban J connectivity index is 2.26. The summed E-state index contributed by atoms with van der Waals surface area (Å²) in [5.74, 6) is 0.0613. The van der Waals surface area contributed by atoms with E-state index in [2.05, 4.69) is 0 Å². The number of aliphatic hydroxyl groups is 1. The number of para-hydroxylation sites is 1. The standard InChI is InChI=1S/C12H16N2O2/c13-7-10(15)8-14-11-4-2-1-3-9(11)5-6-12(14)16/h1-4,10,15H,5-8,13H2. The third kappa shape index (κ3) is 2.08. The van der Waals surface area contributed by atoms with Gasteiger partial charge in [-0.15, -0.1) is 0 Å². The lowest BCUT2D eigenvalue weighted by Gasteiger charge is -2.30. The average molecular weight is 220 g/mol. The minimum atomic E-state index is -0.657. The topological polar surface area (TPSA) is 66.6 Å². The minimum absolute atomic E-state index is 0.0613. The van der Waals surface area contributed by atoms with Crippen LogP contribution in [0.3, 0.4) is 0 Å². The van der Waals surface area contributed by atoms with E-state index in [1.165, 1.54) is 0 Å². The molecule has 0 saturated carbocycles. The second-order valence-corrected chi connectivity index (χ2v) is 4.02. The third-order valence-corrected chi connectivity index (χ3v) is 2.86. The summed E-state index contributed by atoms with van der Waals surface area (Å²) in [4.78, 5) is 13.4. The number of hydrogen-bond donors (Lipinski definition) is 2. The maximum absolute atomic E-state index is 11.8. The molecular weight excluding hydrogens is 204 g/mol. The zero-order valence-corrected chi connectivity index (χ0v) is 9.10. The predicted octanol–water partition coefficient (Wildman–Crippen LogP) is 0.285. The van der Waals surface area contributed by atoms with Crippen LogP contribution in [0.5, 0.6) is 0 Å². The number of amides is 1. The van der Waals surface area contributed by atoms with Gasteiger partial charge < -0.3 is 15.7 Å². The van der Waals surface area contributed by atoms with Crippen molar-refractivity contribution in [3.8, 4) is 0 Å². The summed E-state index contributed by atoms with van der Waals surface area (Å²) in [7, 11) is 0. The lowest BCUT2D eigenvalue weighted by molar-refractivity contribution is -0.119. The molecule has 0 saturated heterocycles. The van der Waals surface area contributed by atoms with Crippen LogP contribution in [0.4, 0.5) is 5.69 Å². The summed E-state index contributed by atoms with van der Waals surface area (Å²) in [5, 5.41) is 9.53. The van der Waals surface area contributed by atoms with Gasteiger partial charge in [0, 0.05) is 18.7 Å². The van der Waals surface area contributed by atoms with Crippen LogP contribution in [0.25, 0.3) is 0 Å². The molecule has 1 atom stereocenters. The number of hydrogen-bond acceptors (Lipinski definition) is 3. The van der Waals surface area contributed by atoms with Crippen LogP contribution in [-0.4, -0.2) is 30.2 Å². The smallest absolute Gasteiger partial charge is 0.227 e. The van der Waals surface area contributed by atoms with E-state index >= 15 is 0 Å². The van der Waals surface area contributed by atoms with Crippen LogP contribution in [0, 0.1) is 0 Å². The molecule has 1 heterocycles. The van der Waals surface area contributed by atoms with Gasteiger partial charge in [-0.3, -0.25) is 4.79 Å². The molecule has 4 heteroatoms. The zero-order chi connectivity index (χ0) is 11.5. The van der Waals surface area contributed by atoms with Crippen molar-refractivity contribution in [2.24, 2.45) is 5.73 Å². The monoisotopic (exact) mass is 220 g/mol. The number of aliphatic hydroxyl groups excluding tert-OH is 1. The van der Waals surface area contributed by atoms with Gasteiger partial charge in [-0.05, 0) is 18.1 Å². The Bertz CT molecular complexity index is 392. The fourth-order valence-electron chi connectivity index (χ4n) is 1.98. The van der Waals surface area contributed by atoms with Gasteiger partial charge in [0.1, 0.15) is 0 Å². The molecule has 4 nitrogen and oxygen atoms in total. The molecule has 0 bridgehead atoms. The van der Waals surface area contributed by atoms with Crippen molar-refractivity contribution >= 4 is 11.6 Å². The van der Waals surface area contributed by atoms with Gasteiger partial charge in [-0.2, -0.15) is 0 Å². The highest BCUT2D eigenvalue weighted by molar-refractivity contribution is 5.96. The van der Waals surface area contributed by atoms with Crippen molar-refractivity contribution in [1.29, 1.82) is 0 Å². The third-order valence-electron chi connectivity index (χ3n) is 2.86. The summed E-state index contributed by atoms with van der Waals surface area (Å²) in [5.41, 5.74) is 7.43. The predicted molar refractivity (Wildman–Crippen MR) is 62.2 cm³/mol. The Labute approximate surface area is 94.7 Å². The largest absolute Gasteiger partial charge is 0.390 e. The van der Waals surface area contributed by atoms with E-state index < -0.39 is 6.10 Å². The molecule has 0 aromatic heterocycles. The first kappa shape index (κ1) is 11.1. The Hall–Kier alpha value is -1.39. The van der Waals surface area contributed by atoms with Crippen molar-refractivity contribution in [1.82, 2.24) is 0 Å². The molecule has 1 amide bonds. The van der Waals surface area contributed by atoms with Gasteiger partial charge in [-0.1, -0.05) is 18.2 Å². The molecule has 0 radical (unpaired) electrons. The molecule has 0 fully saturated rings. The Morgan fingerprint density at radius 2 is 2.12 bits per heavy atom. The molecular formula is C12H16N2O2. The fourth-order valence-corrected chi connectivity index (χ4v) is 1.98. The van der Waals surface area contributed by atoms with E-state index in [0.29, 0.717) is 6.42 Å². The summed E-state index contributed by atoms with van der Waals surface area (Å²) in [6.45, 7) is 0.457. The summed E-state index contributed by atoms with van der Waals surface area (Å²) < 4.78 is 0. The number of nitrogens with zero attached hydrogens (tertiary/aromatic N) is 1. The van der Waals surface area contributed by atoms with Crippen LogP contribution >= 0.6 is 0 Å². The van der Waals surface area contributed by atoms with Crippen LogP contribution in [0.15, 0.2) is 24.3 Å². The Kier molecular flexibility index (Phi) is 3.22. The van der Waals surface area contributed by atoms with Gasteiger partial charge in [0.2, 0.25) is 5.91 Å². The van der Waals surface area contributed by atoms with Gasteiger partial charge in [0.25, 0.3) is 0 Å². The average Bonchev–Trinajstić information content (AvgIpc) is 2.32. The SMILES string of the molecule is NCC(O)CN1C(=O)CCc2ccccc21. The number of benzene rings is 1. The number of rotatable bonds is 3. The molecule has 2 rings (SSSR count). The van der Waals surface area contributed by atoms with Crippen molar-refractivity contribution in [2.45, 2.75) is 18.9 Å². The summed E-state index contributed by atoms with van der Waals surface area (Å²) in [6, 6.07) is 7.80. The maximum atomic E-state index is 11.8. The second kappa shape index (κ2) is 4.63. The molecule has 86 valence electrons. The van der Waals surface area contributed by atoms with Gasteiger partial charge >= 0.3 is 0 Å². The number of aryl methyl sites for hydroxylation is 1. The van der Waals surface area contributed by atoms with Crippen molar-refractivity contribution < 1.29 is 9.90 Å². The summed E-state index contributed by atoms with van der Waals surface area (Å²) in [6.07, 6.45) is 0.633. The van der Waals surface area contributed by atoms with E-state index in [9.17, 15) is 9.90 Å². The summed E-state index contributed by atoms with van der Waals surface area (Å²) >= 11 is 0. The van der Waals surface area contributed by atoms with Gasteiger partial charge in [0.05, 0.1) is 12.6 Å². The first-order valence-corrected chi connectivity index (χ1v) is 5.48. The molecule has 3 N–H and O–H groups in total. The molecule has 16 heavy (non-hydrogen) atoms. The van der Waals surface area contributed by atoms with Crippen LogP contribution in [-0.2, 0) is 11.2 Å². The first-order chi connectivity index (χ1) is 7.72. The quantitative estimate of drug-likeness (QED) is 0.769. The maximum Gasteiger partial charge on any atom is 0.227 e. The molecule has 1 aliphatic heterocycles. The lowest BCUT2D eigenvalue weighted by atomic mass is 10.0. The first-order valence-electron chi connectivity index (χ1n) is 5.48. The second-order valence-electron chi connectivity index (χ2n) is 4.02. The fraction of sp³-hybridized carbons (Fsp3) is 0.417. The number of nitrogens with two attached hydrogens (primary N) is 1. The van der Waals surface area contributed by atoms with Gasteiger partial charge in [-0.25, -0.2) is 0 Å². The molecule has 0 aliphatic carbocycles. The Morgan fingerprint density at radius 3 is 2.88 bits per heavy atom. The number of anilines is 1. The molecule has 1 unspecified atom stereocenters. The van der Waals surface area contributed by atoms with Crippen molar-refractivity contribution in [3.63, 3.8) is 0 Å². The molecule has 1 aliphatic rings. The zero-order valence-electron chi connectivity index (χ0n) is 9.10. The van der Waals surface area contributed by atoms with E-state index in [0.717, 1.165) is 17.7 Å². The van der Waals surface area contributed by atoms with E-state index in [1.807, 2.05) is 24.3 Å². The van der Waals surface area contributed by atoms with Crippen molar-refractivity contribution in [2.75, 3.05) is 18.0 Å². The number of carbonyl (C=O) groups is 1. The molecule has 1 aromatic rings. The van der Waals surface area contributed by atoms with E-state index in [-0.39, 0.29) is 19.0 Å². The normalized spacial score (nSPS) is 17.1. The number of β-amino-alcohol motifs (C(OH)–C–C–N with tert-alkyl or cyclic N) is 1. The highest BCUT2D eigenvalue weighted by atomic mass is 16.3. The van der Waals surface area contributed by atoms with E-state index in [4.69, 9.17) is 5.73 Å². The molecule has 1 aromatic carbocycles. The minimum Gasteiger partial charge on any atom is -0.390 e. The van der Waals surface area contributed by atoms with Gasteiger partial charge in [0.15, 0.2) is 0 Å². The van der Waals surface area contributed by atoms with Crippen LogP contribution < -0.4 is 10.6 Å². The highest BCUT2D eigenvalue weighted by Crippen LogP contribution is 2.27. The van der Waals surface area contributed by atoms with Crippen LogP contribution in [0.2, 0.25) is 0 Å². The Morgan fingerprint density at radius 1 is 1.38 bits per heavy atom. The number of carbonyl (C=O) groups excluding carboxylic acids is 1.